The molecule has 0 atom stereocenters. The van der Waals surface area contributed by atoms with Gasteiger partial charge in [-0.1, -0.05) is 6.07 Å². The quantitative estimate of drug-likeness (QED) is 0.705. The number of anilines is 1. The van der Waals surface area contributed by atoms with Crippen molar-refractivity contribution < 1.29 is 13.6 Å². The summed E-state index contributed by atoms with van der Waals surface area (Å²) >= 11 is 0. The first-order chi connectivity index (χ1) is 9.65. The van der Waals surface area contributed by atoms with Crippen molar-refractivity contribution in [2.45, 2.75) is 0 Å². The van der Waals surface area contributed by atoms with Gasteiger partial charge in [-0.2, -0.15) is 13.8 Å². The Hall–Kier alpha value is -2.76. The number of rotatable bonds is 2. The van der Waals surface area contributed by atoms with Crippen molar-refractivity contribution >= 4 is 22.5 Å². The average Bonchev–Trinajstić information content (AvgIpc) is 2.90. The lowest BCUT2D eigenvalue weighted by Crippen LogP contribution is -2.14. The number of aromatic nitrogens is 2. The van der Waals surface area contributed by atoms with Gasteiger partial charge in [0.1, 0.15) is 0 Å². The van der Waals surface area contributed by atoms with Crippen molar-refractivity contribution in [1.82, 2.24) is 9.97 Å². The molecule has 3 aromatic rings. The predicted molar refractivity (Wildman–Crippen MR) is 70.4 cm³/mol. The molecule has 0 aliphatic carbocycles. The number of amides is 1. The molecule has 0 aliphatic rings. The minimum absolute atomic E-state index is 0.163. The molecule has 2 aromatic heterocycles. The van der Waals surface area contributed by atoms with E-state index >= 15 is 0 Å². The van der Waals surface area contributed by atoms with Gasteiger partial charge >= 0.3 is 0 Å². The number of benzene rings is 1. The fourth-order valence-corrected chi connectivity index (χ4v) is 1.98. The Bertz CT molecular complexity index is 798. The molecule has 2 N–H and O–H groups in total. The zero-order valence-electron chi connectivity index (χ0n) is 10.2. The maximum atomic E-state index is 13.4. The molecule has 4 nitrogen and oxygen atoms in total. The van der Waals surface area contributed by atoms with E-state index < -0.39 is 17.8 Å². The Balaban J connectivity index is 1.95. The molecular formula is C14H9F2N3O. The van der Waals surface area contributed by atoms with Crippen LogP contribution in [-0.2, 0) is 0 Å². The fraction of sp³-hybridized carbons (Fsp3) is 0. The van der Waals surface area contributed by atoms with Crippen LogP contribution in [0, 0.1) is 11.9 Å². The van der Waals surface area contributed by atoms with Gasteiger partial charge in [-0.05, 0) is 30.3 Å². The smallest absolute Gasteiger partial charge is 0.256 e. The molecule has 6 heteroatoms. The van der Waals surface area contributed by atoms with E-state index in [1.54, 1.807) is 24.4 Å². The van der Waals surface area contributed by atoms with Gasteiger partial charge in [0.2, 0.25) is 11.9 Å². The summed E-state index contributed by atoms with van der Waals surface area (Å²) in [6.45, 7) is 0. The molecule has 1 amide bonds. The van der Waals surface area contributed by atoms with Crippen LogP contribution in [0.25, 0.3) is 10.9 Å². The highest BCUT2D eigenvalue weighted by atomic mass is 19.1. The van der Waals surface area contributed by atoms with Crippen molar-refractivity contribution in [2.75, 3.05) is 5.32 Å². The molecule has 0 unspecified atom stereocenters. The van der Waals surface area contributed by atoms with Gasteiger partial charge in [0.25, 0.3) is 5.91 Å². The molecule has 0 aliphatic heterocycles. The molecule has 0 spiro atoms. The maximum absolute atomic E-state index is 13.4. The van der Waals surface area contributed by atoms with Gasteiger partial charge in [-0.3, -0.25) is 4.79 Å². The largest absolute Gasteiger partial charge is 0.361 e. The Kier molecular flexibility index (Phi) is 2.90. The van der Waals surface area contributed by atoms with Crippen LogP contribution in [0.15, 0.2) is 42.6 Å². The van der Waals surface area contributed by atoms with E-state index in [9.17, 15) is 13.6 Å². The summed E-state index contributed by atoms with van der Waals surface area (Å²) in [6.07, 6.45) is 1.71. The third-order valence-electron chi connectivity index (χ3n) is 2.90. The second-order valence-corrected chi connectivity index (χ2v) is 4.17. The Labute approximate surface area is 112 Å². The molecule has 20 heavy (non-hydrogen) atoms. The second kappa shape index (κ2) is 4.73. The number of hydrogen-bond acceptors (Lipinski definition) is 2. The summed E-state index contributed by atoms with van der Waals surface area (Å²) in [5.41, 5.74) is 1.03. The van der Waals surface area contributed by atoms with Crippen LogP contribution in [0.1, 0.15) is 10.4 Å². The van der Waals surface area contributed by atoms with Crippen molar-refractivity contribution in [3.8, 4) is 0 Å². The summed E-state index contributed by atoms with van der Waals surface area (Å²) in [7, 11) is 0. The van der Waals surface area contributed by atoms with Crippen LogP contribution >= 0.6 is 0 Å². The van der Waals surface area contributed by atoms with Crippen LogP contribution < -0.4 is 5.32 Å². The molecular weight excluding hydrogens is 264 g/mol. The molecule has 3 rings (SSSR count). The topological polar surface area (TPSA) is 57.8 Å². The highest BCUT2D eigenvalue weighted by Crippen LogP contribution is 2.19. The second-order valence-electron chi connectivity index (χ2n) is 4.17. The maximum Gasteiger partial charge on any atom is 0.256 e. The first kappa shape index (κ1) is 12.3. The number of carbonyl (C=O) groups excluding carboxylic acids is 1. The van der Waals surface area contributed by atoms with Crippen LogP contribution in [0.5, 0.6) is 0 Å². The Morgan fingerprint density at radius 3 is 2.80 bits per heavy atom. The summed E-state index contributed by atoms with van der Waals surface area (Å²) in [6, 6.07) is 9.03. The first-order valence-corrected chi connectivity index (χ1v) is 5.84. The summed E-state index contributed by atoms with van der Waals surface area (Å²) < 4.78 is 26.1. The van der Waals surface area contributed by atoms with E-state index in [0.717, 1.165) is 23.0 Å². The van der Waals surface area contributed by atoms with Gasteiger partial charge < -0.3 is 10.3 Å². The minimum Gasteiger partial charge on any atom is -0.361 e. The summed E-state index contributed by atoms with van der Waals surface area (Å²) in [5, 5.41) is 3.10. The molecule has 0 fully saturated rings. The standard InChI is InChI=1S/C14H9F2N3O/c15-12-5-4-11(13(16)19-12)18-14(20)9-2-1-3-10-8(9)6-7-17-10/h1-7,17H,(H,18,20). The van der Waals surface area contributed by atoms with Crippen molar-refractivity contribution in [3.63, 3.8) is 0 Å². The van der Waals surface area contributed by atoms with Crippen LogP contribution in [-0.4, -0.2) is 15.9 Å². The minimum atomic E-state index is -1.06. The van der Waals surface area contributed by atoms with E-state index in [0.29, 0.717) is 5.56 Å². The molecule has 2 heterocycles. The number of pyridine rings is 1. The number of H-pyrrole nitrogens is 1. The van der Waals surface area contributed by atoms with E-state index in [1.807, 2.05) is 6.07 Å². The highest BCUT2D eigenvalue weighted by Gasteiger charge is 2.13. The number of halogens is 2. The first-order valence-electron chi connectivity index (χ1n) is 5.84. The highest BCUT2D eigenvalue weighted by molar-refractivity contribution is 6.12. The lowest BCUT2D eigenvalue weighted by atomic mass is 10.1. The number of aromatic amines is 1. The number of nitrogens with one attached hydrogen (secondary N) is 2. The SMILES string of the molecule is O=C(Nc1ccc(F)nc1F)c1cccc2[nH]ccc12. The zero-order valence-corrected chi connectivity index (χ0v) is 10.2. The number of hydrogen-bond donors (Lipinski definition) is 2. The predicted octanol–water partition coefficient (Wildman–Crippen LogP) is 3.09. The van der Waals surface area contributed by atoms with Gasteiger partial charge in [0.15, 0.2) is 0 Å². The molecule has 0 saturated heterocycles. The van der Waals surface area contributed by atoms with E-state index in [4.69, 9.17) is 0 Å². The van der Waals surface area contributed by atoms with Gasteiger partial charge in [-0.25, -0.2) is 0 Å². The monoisotopic (exact) mass is 273 g/mol. The Morgan fingerprint density at radius 2 is 2.00 bits per heavy atom. The zero-order chi connectivity index (χ0) is 14.1. The van der Waals surface area contributed by atoms with Crippen molar-refractivity contribution in [2.24, 2.45) is 0 Å². The van der Waals surface area contributed by atoms with Crippen molar-refractivity contribution in [1.29, 1.82) is 0 Å². The molecule has 1 aromatic carbocycles. The Morgan fingerprint density at radius 1 is 1.15 bits per heavy atom. The van der Waals surface area contributed by atoms with Crippen LogP contribution in [0.2, 0.25) is 0 Å². The van der Waals surface area contributed by atoms with Gasteiger partial charge in [0.05, 0.1) is 5.69 Å². The third-order valence-corrected chi connectivity index (χ3v) is 2.90. The number of nitrogens with zero attached hydrogens (tertiary/aromatic N) is 1. The summed E-state index contributed by atoms with van der Waals surface area (Å²) in [5.74, 6) is -2.48. The molecule has 0 bridgehead atoms. The molecule has 0 saturated carbocycles. The third kappa shape index (κ3) is 2.11. The van der Waals surface area contributed by atoms with Gasteiger partial charge in [0, 0.05) is 22.7 Å². The van der Waals surface area contributed by atoms with E-state index in [-0.39, 0.29) is 5.69 Å². The van der Waals surface area contributed by atoms with Crippen molar-refractivity contribution in [3.05, 3.63) is 60.1 Å². The lowest BCUT2D eigenvalue weighted by Gasteiger charge is -2.06. The van der Waals surface area contributed by atoms with Crippen LogP contribution in [0.4, 0.5) is 14.5 Å². The summed E-state index contributed by atoms with van der Waals surface area (Å²) in [4.78, 5) is 18.1. The van der Waals surface area contributed by atoms with E-state index in [2.05, 4.69) is 15.3 Å². The lowest BCUT2D eigenvalue weighted by molar-refractivity contribution is 0.102. The molecule has 100 valence electrons. The average molecular weight is 273 g/mol. The van der Waals surface area contributed by atoms with Gasteiger partial charge in [-0.15, -0.1) is 0 Å². The fourth-order valence-electron chi connectivity index (χ4n) is 1.98. The normalized spacial score (nSPS) is 10.7. The van der Waals surface area contributed by atoms with Crippen LogP contribution in [0.3, 0.4) is 0 Å². The molecule has 0 radical (unpaired) electrons. The number of fused-ring (bicyclic) bond motifs is 1. The number of carbonyl (C=O) groups is 1. The van der Waals surface area contributed by atoms with E-state index in [1.165, 1.54) is 0 Å².